The predicted octanol–water partition coefficient (Wildman–Crippen LogP) is 2.32. The molecular weight excluding hydrogens is 496 g/mol. The monoisotopic (exact) mass is 538 g/mol. The second-order valence-electron chi connectivity index (χ2n) is 10.7. The number of aliphatic hydroxyl groups excluding tert-OH is 1. The Labute approximate surface area is 231 Å². The number of nitrogens with one attached hydrogen (secondary N) is 1. The molecule has 2 atom stereocenters. The van der Waals surface area contributed by atoms with E-state index in [4.69, 9.17) is 14.9 Å². The van der Waals surface area contributed by atoms with Gasteiger partial charge in [-0.2, -0.15) is 0 Å². The van der Waals surface area contributed by atoms with Crippen LogP contribution in [0.3, 0.4) is 0 Å². The van der Waals surface area contributed by atoms with Gasteiger partial charge in [0, 0.05) is 62.2 Å². The molecule has 1 unspecified atom stereocenters. The summed E-state index contributed by atoms with van der Waals surface area (Å²) in [5, 5.41) is 19.1. The number of nitrogens with zero attached hydrogens (tertiary/aromatic N) is 3. The van der Waals surface area contributed by atoms with Crippen LogP contribution in [0.25, 0.3) is 0 Å². The van der Waals surface area contributed by atoms with Crippen molar-refractivity contribution in [3.63, 3.8) is 0 Å². The van der Waals surface area contributed by atoms with Crippen molar-refractivity contribution in [3.8, 4) is 0 Å². The van der Waals surface area contributed by atoms with Gasteiger partial charge >= 0.3 is 5.97 Å². The Morgan fingerprint density at radius 1 is 0.949 bits per heavy atom. The number of morpholine rings is 1. The highest BCUT2D eigenvalue weighted by Gasteiger charge is 2.27. The fraction of sp³-hybridized carbons (Fsp3) is 0.533. The molecule has 2 aromatic rings. The Morgan fingerprint density at radius 2 is 1.59 bits per heavy atom. The van der Waals surface area contributed by atoms with Crippen molar-refractivity contribution in [2.24, 2.45) is 0 Å². The van der Waals surface area contributed by atoms with E-state index in [2.05, 4.69) is 58.3 Å². The smallest absolute Gasteiger partial charge is 0.332 e. The van der Waals surface area contributed by atoms with Crippen LogP contribution < -0.4 is 15.1 Å². The third-order valence-electron chi connectivity index (χ3n) is 7.88. The van der Waals surface area contributed by atoms with E-state index >= 15 is 0 Å². The molecule has 212 valence electrons. The number of rotatable bonds is 5. The number of aliphatic hydroxyl groups is 1. The number of ether oxygens (including phenoxy) is 1. The fourth-order valence-corrected chi connectivity index (χ4v) is 5.42. The van der Waals surface area contributed by atoms with Gasteiger partial charge in [-0.15, -0.1) is 0 Å². The van der Waals surface area contributed by atoms with Gasteiger partial charge in [0.25, 0.3) is 5.91 Å². The first kappa shape index (κ1) is 28.9. The number of hydrogen-bond donors (Lipinski definition) is 3. The molecule has 1 aliphatic carbocycles. The molecule has 0 radical (unpaired) electrons. The van der Waals surface area contributed by atoms with Crippen LogP contribution in [0, 0.1) is 6.92 Å². The average Bonchev–Trinajstić information content (AvgIpc) is 2.95. The summed E-state index contributed by atoms with van der Waals surface area (Å²) >= 11 is 0. The molecule has 0 bridgehead atoms. The molecule has 1 amide bonds. The molecule has 2 aliphatic heterocycles. The Kier molecular flexibility index (Phi) is 9.83. The Balaban J connectivity index is 0.000000531. The molecule has 0 saturated carbocycles. The minimum Gasteiger partial charge on any atom is -0.479 e. The number of piperazine rings is 1. The number of benzene rings is 2. The first-order chi connectivity index (χ1) is 18.7. The highest BCUT2D eigenvalue weighted by atomic mass is 16.5. The van der Waals surface area contributed by atoms with E-state index in [-0.39, 0.29) is 11.9 Å². The number of carboxylic acid groups (broad SMARTS) is 1. The first-order valence-corrected chi connectivity index (χ1v) is 13.9. The van der Waals surface area contributed by atoms with Gasteiger partial charge in [0.2, 0.25) is 0 Å². The largest absolute Gasteiger partial charge is 0.479 e. The quantitative estimate of drug-likeness (QED) is 0.533. The second kappa shape index (κ2) is 13.3. The third kappa shape index (κ3) is 7.50. The van der Waals surface area contributed by atoms with Crippen molar-refractivity contribution in [2.45, 2.75) is 45.3 Å². The van der Waals surface area contributed by atoms with Gasteiger partial charge < -0.3 is 35.0 Å². The lowest BCUT2D eigenvalue weighted by molar-refractivity contribution is -0.145. The number of carbonyl (C=O) groups excluding carboxylic acids is 1. The van der Waals surface area contributed by atoms with Gasteiger partial charge in [-0.25, -0.2) is 4.79 Å². The van der Waals surface area contributed by atoms with Crippen molar-refractivity contribution >= 4 is 23.3 Å². The van der Waals surface area contributed by atoms with Crippen LogP contribution in [-0.2, 0) is 22.4 Å². The standard InChI is InChI=1S/C27H36N4O2.C3H6O3/c1-20-3-10-26(31-13-11-29(2)12-14-31)25-19-22(6-9-24(20)25)28-27(32)21-4-7-23(8-5-21)30-15-17-33-18-16-30;1-2(4)3(5)6/h3-5,7-8,10,22H,6,9,11-19H2,1-2H3,(H,28,32);2,4H,1H3,(H,5,6)/t22-;/m1./s1. The van der Waals surface area contributed by atoms with Gasteiger partial charge in [0.05, 0.1) is 13.2 Å². The lowest BCUT2D eigenvalue weighted by atomic mass is 9.84. The van der Waals surface area contributed by atoms with Gasteiger partial charge in [0.15, 0.2) is 0 Å². The Hall–Kier alpha value is -3.14. The summed E-state index contributed by atoms with van der Waals surface area (Å²) < 4.78 is 5.44. The molecule has 0 aromatic heterocycles. The zero-order chi connectivity index (χ0) is 27.9. The summed E-state index contributed by atoms with van der Waals surface area (Å²) in [6, 6.07) is 12.8. The number of hydrogen-bond acceptors (Lipinski definition) is 7. The molecule has 3 aliphatic rings. The maximum Gasteiger partial charge on any atom is 0.332 e. The number of carbonyl (C=O) groups is 2. The van der Waals surface area contributed by atoms with Gasteiger partial charge in [0.1, 0.15) is 6.10 Å². The number of fused-ring (bicyclic) bond motifs is 1. The van der Waals surface area contributed by atoms with Crippen molar-refractivity contribution in [2.75, 3.05) is 69.3 Å². The lowest BCUT2D eigenvalue weighted by Gasteiger charge is -2.37. The van der Waals surface area contributed by atoms with Crippen molar-refractivity contribution in [1.29, 1.82) is 0 Å². The number of amides is 1. The normalized spacial score (nSPS) is 20.4. The molecule has 5 rings (SSSR count). The highest BCUT2D eigenvalue weighted by molar-refractivity contribution is 5.94. The summed E-state index contributed by atoms with van der Waals surface area (Å²) in [6.07, 6.45) is 1.71. The van der Waals surface area contributed by atoms with Crippen LogP contribution in [-0.4, -0.2) is 98.7 Å². The highest BCUT2D eigenvalue weighted by Crippen LogP contribution is 2.33. The van der Waals surface area contributed by atoms with Gasteiger partial charge in [-0.1, -0.05) is 6.07 Å². The number of aryl methyl sites for hydroxylation is 1. The van der Waals surface area contributed by atoms with Crippen LogP contribution in [0.2, 0.25) is 0 Å². The third-order valence-corrected chi connectivity index (χ3v) is 7.88. The van der Waals surface area contributed by atoms with Crippen LogP contribution in [0.5, 0.6) is 0 Å². The van der Waals surface area contributed by atoms with Gasteiger partial charge in [-0.05, 0) is 87.2 Å². The van der Waals surface area contributed by atoms with E-state index in [1.54, 1.807) is 0 Å². The first-order valence-electron chi connectivity index (χ1n) is 13.9. The van der Waals surface area contributed by atoms with Crippen LogP contribution >= 0.6 is 0 Å². The topological polar surface area (TPSA) is 106 Å². The molecule has 9 heteroatoms. The fourth-order valence-electron chi connectivity index (χ4n) is 5.42. The number of anilines is 2. The maximum absolute atomic E-state index is 13.0. The lowest BCUT2D eigenvalue weighted by Crippen LogP contribution is -2.45. The Morgan fingerprint density at radius 3 is 2.21 bits per heavy atom. The summed E-state index contributed by atoms with van der Waals surface area (Å²) in [6.45, 7) is 11.1. The summed E-state index contributed by atoms with van der Waals surface area (Å²) in [7, 11) is 2.20. The molecule has 2 heterocycles. The van der Waals surface area contributed by atoms with Crippen LogP contribution in [0.1, 0.15) is 40.4 Å². The van der Waals surface area contributed by atoms with Crippen LogP contribution in [0.4, 0.5) is 11.4 Å². The van der Waals surface area contributed by atoms with Gasteiger partial charge in [-0.3, -0.25) is 4.79 Å². The maximum atomic E-state index is 13.0. The zero-order valence-corrected chi connectivity index (χ0v) is 23.4. The van der Waals surface area contributed by atoms with E-state index in [0.717, 1.165) is 83.0 Å². The second-order valence-corrected chi connectivity index (χ2v) is 10.7. The molecule has 2 aromatic carbocycles. The van der Waals surface area contributed by atoms with E-state index in [0.29, 0.717) is 0 Å². The van der Waals surface area contributed by atoms with Crippen LogP contribution in [0.15, 0.2) is 36.4 Å². The van der Waals surface area contributed by atoms with E-state index in [9.17, 15) is 9.59 Å². The summed E-state index contributed by atoms with van der Waals surface area (Å²) in [5.74, 6) is -1.15. The molecule has 3 N–H and O–H groups in total. The van der Waals surface area contributed by atoms with Crippen molar-refractivity contribution in [1.82, 2.24) is 10.2 Å². The Bertz CT molecular complexity index is 1120. The average molecular weight is 539 g/mol. The van der Waals surface area contributed by atoms with E-state index in [1.807, 2.05) is 12.1 Å². The van der Waals surface area contributed by atoms with E-state index in [1.165, 1.54) is 29.3 Å². The molecule has 2 fully saturated rings. The van der Waals surface area contributed by atoms with Crippen molar-refractivity contribution < 1.29 is 24.5 Å². The molecule has 2 saturated heterocycles. The zero-order valence-electron chi connectivity index (χ0n) is 23.4. The molecule has 9 nitrogen and oxygen atoms in total. The predicted molar refractivity (Wildman–Crippen MR) is 153 cm³/mol. The summed E-state index contributed by atoms with van der Waals surface area (Å²) in [5.41, 5.74) is 7.59. The summed E-state index contributed by atoms with van der Waals surface area (Å²) in [4.78, 5) is 29.7. The molecule has 0 spiro atoms. The minimum absolute atomic E-state index is 0.0331. The minimum atomic E-state index is -1.23. The SMILES string of the molecule is CC(O)C(=O)O.Cc1ccc(N2CCN(C)CC2)c2c1CC[C@@H](NC(=O)c1ccc(N3CCOCC3)cc1)C2. The number of aliphatic carboxylic acids is 1. The van der Waals surface area contributed by atoms with Crippen molar-refractivity contribution in [3.05, 3.63) is 58.7 Å². The number of likely N-dealkylation sites (N-methyl/N-ethyl adjacent to an activating group) is 1. The van der Waals surface area contributed by atoms with E-state index < -0.39 is 12.1 Å². The molecule has 39 heavy (non-hydrogen) atoms. The molecular formula is C30H42N4O5. The number of carboxylic acids is 1.